The van der Waals surface area contributed by atoms with Crippen molar-refractivity contribution in [1.82, 2.24) is 4.57 Å². The summed E-state index contributed by atoms with van der Waals surface area (Å²) < 4.78 is 4.46. The summed E-state index contributed by atoms with van der Waals surface area (Å²) in [7, 11) is 0. The van der Waals surface area contributed by atoms with Gasteiger partial charge in [0.25, 0.3) is 0 Å². The minimum atomic E-state index is 1.03. The molecule has 0 aliphatic carbocycles. The zero-order valence-electron chi connectivity index (χ0n) is 8.20. The van der Waals surface area contributed by atoms with E-state index in [0.29, 0.717) is 0 Å². The maximum absolute atomic E-state index is 2.26. The molecule has 0 saturated heterocycles. The second kappa shape index (κ2) is 3.21. The molecule has 0 spiro atoms. The van der Waals surface area contributed by atoms with Crippen LogP contribution in [0, 0.1) is 0 Å². The van der Waals surface area contributed by atoms with E-state index < -0.39 is 0 Å². The number of hydrogen-bond donors (Lipinski definition) is 0. The van der Waals surface area contributed by atoms with Gasteiger partial charge in [0.05, 0.1) is 10.9 Å². The number of nitrogens with zero attached hydrogens (tertiary/aromatic N) is 2. The first kappa shape index (κ1) is 8.30. The highest BCUT2D eigenvalue weighted by Gasteiger charge is 2.03. The van der Waals surface area contributed by atoms with Gasteiger partial charge in [-0.1, -0.05) is 0 Å². The molecule has 0 atom stereocenters. The molecule has 0 saturated carbocycles. The van der Waals surface area contributed by atoms with E-state index in [0.717, 1.165) is 13.1 Å². The highest BCUT2D eigenvalue weighted by Crippen LogP contribution is 2.12. The molecule has 2 aromatic rings. The molecule has 2 rings (SSSR count). The Kier molecular flexibility index (Phi) is 2.05. The normalized spacial score (nSPS) is 10.9. The molecular weight excluding hydrogens is 160 g/mol. The minimum Gasteiger partial charge on any atom is -0.347 e. The Morgan fingerprint density at radius 2 is 2.15 bits per heavy atom. The van der Waals surface area contributed by atoms with Gasteiger partial charge in [0.1, 0.15) is 6.54 Å². The topological polar surface area (TPSA) is 8.81 Å². The molecule has 0 fully saturated rings. The van der Waals surface area contributed by atoms with Gasteiger partial charge in [0.2, 0.25) is 0 Å². The van der Waals surface area contributed by atoms with Gasteiger partial charge < -0.3 is 4.57 Å². The number of aromatic nitrogens is 2. The van der Waals surface area contributed by atoms with Gasteiger partial charge in [-0.15, -0.1) is 0 Å². The molecule has 0 radical (unpaired) electrons. The minimum absolute atomic E-state index is 1.03. The molecule has 0 N–H and O–H groups in total. The third kappa shape index (κ3) is 1.32. The summed E-state index contributed by atoms with van der Waals surface area (Å²) in [5, 5.41) is 1.33. The van der Waals surface area contributed by atoms with Gasteiger partial charge in [0.15, 0.2) is 12.4 Å². The molecule has 68 valence electrons. The number of hydrogen-bond acceptors (Lipinski definition) is 0. The Balaban J connectivity index is 2.61. The van der Waals surface area contributed by atoms with Crippen molar-refractivity contribution in [1.29, 1.82) is 0 Å². The van der Waals surface area contributed by atoms with Gasteiger partial charge in [-0.3, -0.25) is 0 Å². The predicted octanol–water partition coefficient (Wildman–Crippen LogP) is 1.97. The highest BCUT2D eigenvalue weighted by molar-refractivity contribution is 5.77. The van der Waals surface area contributed by atoms with Crippen LogP contribution in [0.15, 0.2) is 30.7 Å². The van der Waals surface area contributed by atoms with Gasteiger partial charge in [-0.25, -0.2) is 4.57 Å². The van der Waals surface area contributed by atoms with E-state index in [2.05, 4.69) is 53.7 Å². The van der Waals surface area contributed by atoms with Crippen molar-refractivity contribution in [2.75, 3.05) is 0 Å². The molecule has 0 bridgehead atoms. The lowest BCUT2D eigenvalue weighted by atomic mass is 10.3. The monoisotopic (exact) mass is 175 g/mol. The second-order valence-corrected chi connectivity index (χ2v) is 3.22. The van der Waals surface area contributed by atoms with Gasteiger partial charge in [-0.2, -0.15) is 0 Å². The van der Waals surface area contributed by atoms with Crippen LogP contribution in [0.25, 0.3) is 10.9 Å². The van der Waals surface area contributed by atoms with Crippen LogP contribution in [0.5, 0.6) is 0 Å². The van der Waals surface area contributed by atoms with Crippen molar-refractivity contribution in [3.8, 4) is 0 Å². The summed E-state index contributed by atoms with van der Waals surface area (Å²) in [4.78, 5) is 0. The average molecular weight is 175 g/mol. The van der Waals surface area contributed by atoms with E-state index in [1.54, 1.807) is 0 Å². The van der Waals surface area contributed by atoms with E-state index in [-0.39, 0.29) is 0 Å². The number of pyridine rings is 1. The fraction of sp³-hybridized carbons (Fsp3) is 0.364. The summed E-state index contributed by atoms with van der Waals surface area (Å²) in [6.07, 6.45) is 6.47. The second-order valence-electron chi connectivity index (χ2n) is 3.22. The van der Waals surface area contributed by atoms with Crippen LogP contribution >= 0.6 is 0 Å². The molecule has 0 aromatic carbocycles. The predicted molar refractivity (Wildman–Crippen MR) is 53.5 cm³/mol. The molecule has 2 heteroatoms. The maximum atomic E-state index is 2.26. The van der Waals surface area contributed by atoms with Crippen molar-refractivity contribution >= 4 is 10.9 Å². The zero-order valence-corrected chi connectivity index (χ0v) is 8.20. The zero-order chi connectivity index (χ0) is 9.26. The van der Waals surface area contributed by atoms with Crippen molar-refractivity contribution in [2.24, 2.45) is 0 Å². The summed E-state index contributed by atoms with van der Waals surface area (Å²) in [6, 6.07) is 4.35. The largest absolute Gasteiger partial charge is 0.347 e. The Labute approximate surface area is 78.4 Å². The Hall–Kier alpha value is -1.31. The van der Waals surface area contributed by atoms with E-state index in [1.807, 2.05) is 0 Å². The van der Waals surface area contributed by atoms with Crippen molar-refractivity contribution < 1.29 is 4.57 Å². The van der Waals surface area contributed by atoms with E-state index in [1.165, 1.54) is 10.9 Å². The maximum Gasteiger partial charge on any atom is 0.178 e. The summed E-state index contributed by atoms with van der Waals surface area (Å²) >= 11 is 0. The third-order valence-corrected chi connectivity index (χ3v) is 2.47. The lowest BCUT2D eigenvalue weighted by molar-refractivity contribution is -0.692. The molecule has 0 aliphatic rings. The number of fused-ring (bicyclic) bond motifs is 1. The smallest absolute Gasteiger partial charge is 0.178 e. The van der Waals surface area contributed by atoms with Crippen LogP contribution in [0.4, 0.5) is 0 Å². The Morgan fingerprint density at radius 3 is 2.85 bits per heavy atom. The molecule has 0 amide bonds. The molecular formula is C11H15N2+. The van der Waals surface area contributed by atoms with Crippen LogP contribution in [-0.4, -0.2) is 4.57 Å². The quantitative estimate of drug-likeness (QED) is 0.617. The molecule has 2 aromatic heterocycles. The standard InChI is InChI=1S/C11H15N2/c1-3-12-7-6-11-10(9-12)5-8-13(11)4-2/h5-9H,3-4H2,1-2H3/q+1. The van der Waals surface area contributed by atoms with E-state index >= 15 is 0 Å². The SMILES string of the molecule is CCn1ccc2c[n+](CC)ccc21. The van der Waals surface area contributed by atoms with Crippen molar-refractivity contribution in [3.63, 3.8) is 0 Å². The lowest BCUT2D eigenvalue weighted by Crippen LogP contribution is -2.30. The highest BCUT2D eigenvalue weighted by atomic mass is 15.0. The summed E-state index contributed by atoms with van der Waals surface area (Å²) in [6.45, 7) is 6.40. The fourth-order valence-corrected chi connectivity index (χ4v) is 1.66. The van der Waals surface area contributed by atoms with Crippen molar-refractivity contribution in [3.05, 3.63) is 30.7 Å². The lowest BCUT2D eigenvalue weighted by Gasteiger charge is -1.98. The first-order valence-corrected chi connectivity index (χ1v) is 4.83. The molecule has 2 heterocycles. The Morgan fingerprint density at radius 1 is 1.31 bits per heavy atom. The summed E-state index contributed by atoms with van der Waals surface area (Å²) in [5.74, 6) is 0. The van der Waals surface area contributed by atoms with Crippen LogP contribution < -0.4 is 4.57 Å². The first-order chi connectivity index (χ1) is 6.35. The molecule has 2 nitrogen and oxygen atoms in total. The van der Waals surface area contributed by atoms with Crippen LogP contribution in [0.1, 0.15) is 13.8 Å². The van der Waals surface area contributed by atoms with E-state index in [9.17, 15) is 0 Å². The molecule has 0 unspecified atom stereocenters. The van der Waals surface area contributed by atoms with E-state index in [4.69, 9.17) is 0 Å². The molecule has 0 aliphatic heterocycles. The summed E-state index contributed by atoms with van der Waals surface area (Å²) in [5.41, 5.74) is 1.33. The van der Waals surface area contributed by atoms with Gasteiger partial charge in [-0.05, 0) is 19.9 Å². The van der Waals surface area contributed by atoms with Gasteiger partial charge in [0, 0.05) is 18.8 Å². The Bertz CT molecular complexity index is 415. The fourth-order valence-electron chi connectivity index (χ4n) is 1.66. The van der Waals surface area contributed by atoms with Gasteiger partial charge >= 0.3 is 0 Å². The average Bonchev–Trinajstić information content (AvgIpc) is 2.59. The molecule has 13 heavy (non-hydrogen) atoms. The van der Waals surface area contributed by atoms with Crippen LogP contribution in [0.2, 0.25) is 0 Å². The number of aryl methyl sites for hydroxylation is 2. The first-order valence-electron chi connectivity index (χ1n) is 4.83. The van der Waals surface area contributed by atoms with Crippen LogP contribution in [0.3, 0.4) is 0 Å². The van der Waals surface area contributed by atoms with Crippen LogP contribution in [-0.2, 0) is 13.1 Å². The third-order valence-electron chi connectivity index (χ3n) is 2.47. The number of rotatable bonds is 2. The van der Waals surface area contributed by atoms with Crippen molar-refractivity contribution in [2.45, 2.75) is 26.9 Å².